The third-order valence-corrected chi connectivity index (χ3v) is 4.43. The van der Waals surface area contributed by atoms with Gasteiger partial charge in [0.15, 0.2) is 23.1 Å². The number of methoxy groups -OCH3 is 2. The average molecular weight is 411 g/mol. The van der Waals surface area contributed by atoms with Gasteiger partial charge in [-0.3, -0.25) is 9.36 Å². The minimum Gasteiger partial charge on any atom is -0.493 e. The summed E-state index contributed by atoms with van der Waals surface area (Å²) in [7, 11) is 2.52. The Morgan fingerprint density at radius 2 is 1.67 bits per heavy atom. The number of benzene rings is 2. The number of aromatic nitrogens is 4. The summed E-state index contributed by atoms with van der Waals surface area (Å²) in [6.07, 6.45) is 5.65. The predicted octanol–water partition coefficient (Wildman–Crippen LogP) is 3.21. The highest BCUT2D eigenvalue weighted by Crippen LogP contribution is 2.36. The number of anilines is 2. The molecule has 0 radical (unpaired) electrons. The van der Waals surface area contributed by atoms with Crippen molar-refractivity contribution in [2.45, 2.75) is 0 Å². The SMILES string of the molecule is COc1cc(OC)c(F)c(Nc2ccc3ncn(-c4cncnc4)c(=O)c3c2)c1F. The van der Waals surface area contributed by atoms with Crippen molar-refractivity contribution in [2.24, 2.45) is 0 Å². The fraction of sp³-hybridized carbons (Fsp3) is 0.100. The van der Waals surface area contributed by atoms with Crippen molar-refractivity contribution < 1.29 is 18.3 Å². The zero-order chi connectivity index (χ0) is 21.3. The summed E-state index contributed by atoms with van der Waals surface area (Å²) in [6, 6.07) is 5.68. The van der Waals surface area contributed by atoms with Gasteiger partial charge in [0.05, 0.1) is 43.2 Å². The lowest BCUT2D eigenvalue weighted by Crippen LogP contribution is -2.19. The van der Waals surface area contributed by atoms with E-state index in [2.05, 4.69) is 20.3 Å². The van der Waals surface area contributed by atoms with Crippen molar-refractivity contribution in [1.82, 2.24) is 19.5 Å². The monoisotopic (exact) mass is 411 g/mol. The van der Waals surface area contributed by atoms with E-state index in [0.717, 1.165) is 6.07 Å². The van der Waals surface area contributed by atoms with Crippen LogP contribution in [-0.4, -0.2) is 33.7 Å². The summed E-state index contributed by atoms with van der Waals surface area (Å²) in [4.78, 5) is 24.9. The lowest BCUT2D eigenvalue weighted by molar-refractivity contribution is 0.360. The number of nitrogens with one attached hydrogen (secondary N) is 1. The predicted molar refractivity (Wildman–Crippen MR) is 106 cm³/mol. The first kappa shape index (κ1) is 19.2. The van der Waals surface area contributed by atoms with E-state index in [1.807, 2.05) is 0 Å². The van der Waals surface area contributed by atoms with E-state index in [4.69, 9.17) is 9.47 Å². The molecule has 30 heavy (non-hydrogen) atoms. The van der Waals surface area contributed by atoms with E-state index in [-0.39, 0.29) is 28.1 Å². The van der Waals surface area contributed by atoms with Crippen molar-refractivity contribution >= 4 is 22.3 Å². The Kier molecular flexibility index (Phi) is 4.97. The molecule has 0 fully saturated rings. The van der Waals surface area contributed by atoms with E-state index in [0.29, 0.717) is 11.2 Å². The van der Waals surface area contributed by atoms with Crippen LogP contribution in [0.2, 0.25) is 0 Å². The summed E-state index contributed by atoms with van der Waals surface area (Å²) >= 11 is 0. The molecule has 4 rings (SSSR count). The second-order valence-electron chi connectivity index (χ2n) is 6.16. The number of nitrogens with zero attached hydrogens (tertiary/aromatic N) is 4. The highest BCUT2D eigenvalue weighted by molar-refractivity contribution is 5.83. The Bertz CT molecular complexity index is 1270. The fourth-order valence-electron chi connectivity index (χ4n) is 2.94. The molecule has 0 aliphatic heterocycles. The molecule has 1 N–H and O–H groups in total. The molecule has 0 saturated carbocycles. The number of rotatable bonds is 5. The molecule has 0 aliphatic rings. The molecule has 2 aromatic heterocycles. The molecule has 0 aliphatic carbocycles. The van der Waals surface area contributed by atoms with Gasteiger partial charge in [-0.25, -0.2) is 23.7 Å². The molecule has 4 aromatic rings. The second kappa shape index (κ2) is 7.74. The summed E-state index contributed by atoms with van der Waals surface area (Å²) in [5.74, 6) is -2.24. The molecule has 0 bridgehead atoms. The van der Waals surface area contributed by atoms with Gasteiger partial charge in [0.1, 0.15) is 18.3 Å². The van der Waals surface area contributed by atoms with Crippen LogP contribution < -0.4 is 20.3 Å². The van der Waals surface area contributed by atoms with Crippen LogP contribution in [0.3, 0.4) is 0 Å². The van der Waals surface area contributed by atoms with Gasteiger partial charge >= 0.3 is 0 Å². The molecule has 0 saturated heterocycles. The number of hydrogen-bond acceptors (Lipinski definition) is 7. The molecule has 10 heteroatoms. The Hall–Kier alpha value is -4.08. The van der Waals surface area contributed by atoms with E-state index in [1.165, 1.54) is 49.9 Å². The van der Waals surface area contributed by atoms with E-state index in [9.17, 15) is 13.6 Å². The standard InChI is InChI=1S/C20H15F2N5O3/c1-29-15-6-16(30-2)18(22)19(17(15)21)26-11-3-4-14-13(5-11)20(28)27(10-25-14)12-7-23-9-24-8-12/h3-10,26H,1-2H3. The highest BCUT2D eigenvalue weighted by Gasteiger charge is 2.20. The van der Waals surface area contributed by atoms with Gasteiger partial charge in [0.25, 0.3) is 5.56 Å². The van der Waals surface area contributed by atoms with Crippen LogP contribution in [0.25, 0.3) is 16.6 Å². The van der Waals surface area contributed by atoms with Crippen LogP contribution in [0.15, 0.2) is 54.1 Å². The van der Waals surface area contributed by atoms with Gasteiger partial charge in [-0.05, 0) is 18.2 Å². The third-order valence-electron chi connectivity index (χ3n) is 4.43. The van der Waals surface area contributed by atoms with Crippen LogP contribution in [0.5, 0.6) is 11.5 Å². The van der Waals surface area contributed by atoms with Crippen molar-refractivity contribution in [2.75, 3.05) is 19.5 Å². The second-order valence-corrected chi connectivity index (χ2v) is 6.16. The summed E-state index contributed by atoms with van der Waals surface area (Å²) < 4.78 is 40.4. The Morgan fingerprint density at radius 1 is 1.00 bits per heavy atom. The Balaban J connectivity index is 1.82. The molecule has 8 nitrogen and oxygen atoms in total. The van der Waals surface area contributed by atoms with Crippen molar-refractivity contribution in [3.63, 3.8) is 0 Å². The Morgan fingerprint density at radius 3 is 2.30 bits per heavy atom. The Labute approximate surface area is 168 Å². The molecule has 2 heterocycles. The quantitative estimate of drug-likeness (QED) is 0.539. The summed E-state index contributed by atoms with van der Waals surface area (Å²) in [6.45, 7) is 0. The van der Waals surface area contributed by atoms with Crippen LogP contribution in [-0.2, 0) is 0 Å². The number of fused-ring (bicyclic) bond motifs is 1. The zero-order valence-corrected chi connectivity index (χ0v) is 15.9. The van der Waals surface area contributed by atoms with E-state index >= 15 is 0 Å². The number of ether oxygens (including phenoxy) is 2. The normalized spacial score (nSPS) is 10.8. The highest BCUT2D eigenvalue weighted by atomic mass is 19.1. The van der Waals surface area contributed by atoms with Gasteiger partial charge in [0, 0.05) is 11.8 Å². The van der Waals surface area contributed by atoms with Gasteiger partial charge < -0.3 is 14.8 Å². The minimum absolute atomic E-state index is 0.190. The molecule has 0 unspecified atom stereocenters. The fourth-order valence-corrected chi connectivity index (χ4v) is 2.94. The van der Waals surface area contributed by atoms with Gasteiger partial charge in [0.2, 0.25) is 0 Å². The molecular formula is C20H15F2N5O3. The zero-order valence-electron chi connectivity index (χ0n) is 15.9. The largest absolute Gasteiger partial charge is 0.493 e. The first-order valence-corrected chi connectivity index (χ1v) is 8.67. The molecule has 0 spiro atoms. The van der Waals surface area contributed by atoms with Crippen LogP contribution >= 0.6 is 0 Å². The topological polar surface area (TPSA) is 91.2 Å². The lowest BCUT2D eigenvalue weighted by atomic mass is 10.2. The third kappa shape index (κ3) is 3.28. The minimum atomic E-state index is -0.930. The van der Waals surface area contributed by atoms with Crippen molar-refractivity contribution in [3.8, 4) is 17.2 Å². The first-order valence-electron chi connectivity index (χ1n) is 8.67. The van der Waals surface area contributed by atoms with Crippen molar-refractivity contribution in [3.05, 3.63) is 71.3 Å². The van der Waals surface area contributed by atoms with Gasteiger partial charge in [-0.2, -0.15) is 0 Å². The van der Waals surface area contributed by atoms with Crippen LogP contribution in [0, 0.1) is 11.6 Å². The number of halogens is 2. The molecular weight excluding hydrogens is 396 g/mol. The van der Waals surface area contributed by atoms with E-state index < -0.39 is 17.3 Å². The maximum Gasteiger partial charge on any atom is 0.265 e. The summed E-state index contributed by atoms with van der Waals surface area (Å²) in [5, 5.41) is 2.90. The summed E-state index contributed by atoms with van der Waals surface area (Å²) in [5.41, 5.74) is 0.276. The smallest absolute Gasteiger partial charge is 0.265 e. The molecule has 2 aromatic carbocycles. The maximum absolute atomic E-state index is 14.6. The van der Waals surface area contributed by atoms with Crippen LogP contribution in [0.1, 0.15) is 0 Å². The maximum atomic E-state index is 14.6. The van der Waals surface area contributed by atoms with E-state index in [1.54, 1.807) is 12.1 Å². The molecule has 152 valence electrons. The van der Waals surface area contributed by atoms with Gasteiger partial charge in [-0.1, -0.05) is 0 Å². The first-order chi connectivity index (χ1) is 14.5. The number of hydrogen-bond donors (Lipinski definition) is 1. The van der Waals surface area contributed by atoms with Crippen LogP contribution in [0.4, 0.5) is 20.2 Å². The van der Waals surface area contributed by atoms with Crippen molar-refractivity contribution in [1.29, 1.82) is 0 Å². The average Bonchev–Trinajstić information content (AvgIpc) is 2.78. The molecule has 0 amide bonds. The molecule has 0 atom stereocenters. The van der Waals surface area contributed by atoms with Gasteiger partial charge in [-0.15, -0.1) is 0 Å². The lowest BCUT2D eigenvalue weighted by Gasteiger charge is -2.14.